The van der Waals surface area contributed by atoms with Gasteiger partial charge in [-0.2, -0.15) is 5.26 Å². The van der Waals surface area contributed by atoms with Gasteiger partial charge in [0, 0.05) is 6.42 Å². The van der Waals surface area contributed by atoms with Crippen LogP contribution in [-0.4, -0.2) is 14.4 Å². The van der Waals surface area contributed by atoms with Gasteiger partial charge in [0.15, 0.2) is 8.32 Å². The van der Waals surface area contributed by atoms with E-state index in [2.05, 4.69) is 94.5 Å². The van der Waals surface area contributed by atoms with Crippen LogP contribution in [0.25, 0.3) is 0 Å². The predicted octanol–water partition coefficient (Wildman–Crippen LogP) is 11.1. The lowest BCUT2D eigenvalue weighted by Gasteiger charge is -2.71. The zero-order valence-corrected chi connectivity index (χ0v) is 29.5. The Labute approximate surface area is 249 Å². The lowest BCUT2D eigenvalue weighted by molar-refractivity contribution is -0.200. The molecule has 5 rings (SSSR count). The second-order valence-electron chi connectivity index (χ2n) is 19.1. The standard InChI is InChI=1S/C37H63NOSi/c1-31(2,3)40(11,12)39-30-16-17-35(8)28(32(30,4)5)15-18-37(10)29(35)14-13-26-27-25-33(6,23-24-38)19-20-34(27,7)21-22-36(26,37)9/h13,27-30H,14-23,25H2,1-12H3/t27-,28-,29?,30?,33+,34+,35-,36+,37+/m0/s1. The Morgan fingerprint density at radius 2 is 1.55 bits per heavy atom. The molecule has 0 heterocycles. The zero-order chi connectivity index (χ0) is 29.8. The van der Waals surface area contributed by atoms with Gasteiger partial charge in [0.2, 0.25) is 0 Å². The fraction of sp³-hybridized carbons (Fsp3) is 0.919. The van der Waals surface area contributed by atoms with E-state index in [0.717, 1.165) is 18.3 Å². The van der Waals surface area contributed by atoms with Gasteiger partial charge in [0.25, 0.3) is 0 Å². The Kier molecular flexibility index (Phi) is 7.10. The minimum absolute atomic E-state index is 0.186. The number of hydrogen-bond acceptors (Lipinski definition) is 2. The van der Waals surface area contributed by atoms with Crippen molar-refractivity contribution in [3.05, 3.63) is 11.6 Å². The van der Waals surface area contributed by atoms with E-state index in [1.165, 1.54) is 64.2 Å². The maximum absolute atomic E-state index is 9.65. The van der Waals surface area contributed by atoms with Crippen molar-refractivity contribution in [2.24, 2.45) is 50.2 Å². The molecule has 0 spiro atoms. The van der Waals surface area contributed by atoms with Crippen LogP contribution in [0.4, 0.5) is 0 Å². The first kappa shape index (κ1) is 30.9. The Balaban J connectivity index is 1.48. The van der Waals surface area contributed by atoms with Crippen molar-refractivity contribution in [3.8, 4) is 6.07 Å². The van der Waals surface area contributed by atoms with E-state index in [1.807, 2.05) is 5.57 Å². The number of hydrogen-bond donors (Lipinski definition) is 0. The number of nitriles is 1. The molecule has 0 amide bonds. The highest BCUT2D eigenvalue weighted by atomic mass is 28.4. The third-order valence-corrected chi connectivity index (χ3v) is 20.1. The van der Waals surface area contributed by atoms with Gasteiger partial charge in [0.1, 0.15) is 0 Å². The zero-order valence-electron chi connectivity index (χ0n) is 28.5. The molecule has 5 aliphatic carbocycles. The molecule has 226 valence electrons. The SMILES string of the molecule is CC1(C)C(O[Si](C)(C)C(C)(C)C)CC[C@]2(C)C3CC=C4[C@@H]5C[C@@](C)(CC#N)CC[C@]5(C)CC[C@@]4(C)[C@]3(C)CC[C@@H]12. The van der Waals surface area contributed by atoms with Gasteiger partial charge in [-0.15, -0.1) is 0 Å². The molecule has 0 aromatic carbocycles. The van der Waals surface area contributed by atoms with Gasteiger partial charge >= 0.3 is 0 Å². The summed E-state index contributed by atoms with van der Waals surface area (Å²) in [7, 11) is -1.82. The fourth-order valence-corrected chi connectivity index (χ4v) is 13.0. The molecule has 3 heteroatoms. The summed E-state index contributed by atoms with van der Waals surface area (Å²) < 4.78 is 7.23. The first-order valence-electron chi connectivity index (χ1n) is 16.9. The fourth-order valence-electron chi connectivity index (χ4n) is 11.5. The maximum Gasteiger partial charge on any atom is 0.192 e. The third kappa shape index (κ3) is 4.22. The second-order valence-corrected chi connectivity index (χ2v) is 23.8. The van der Waals surface area contributed by atoms with E-state index >= 15 is 0 Å². The molecule has 0 saturated heterocycles. The van der Waals surface area contributed by atoms with Crippen molar-refractivity contribution < 1.29 is 4.43 Å². The number of rotatable bonds is 3. The van der Waals surface area contributed by atoms with Crippen molar-refractivity contribution >= 4 is 8.32 Å². The molecule has 4 saturated carbocycles. The summed E-state index contributed by atoms with van der Waals surface area (Å²) >= 11 is 0. The lowest BCUT2D eigenvalue weighted by Crippen LogP contribution is -2.65. The highest BCUT2D eigenvalue weighted by Gasteiger charge is 2.68. The Morgan fingerprint density at radius 3 is 2.17 bits per heavy atom. The molecule has 0 aliphatic heterocycles. The van der Waals surface area contributed by atoms with Crippen molar-refractivity contribution in [1.29, 1.82) is 5.26 Å². The molecule has 0 aromatic rings. The summed E-state index contributed by atoms with van der Waals surface area (Å²) in [6.45, 7) is 30.4. The highest BCUT2D eigenvalue weighted by Crippen LogP contribution is 2.76. The Bertz CT molecular complexity index is 1090. The Morgan fingerprint density at radius 1 is 0.900 bits per heavy atom. The van der Waals surface area contributed by atoms with E-state index in [0.29, 0.717) is 28.3 Å². The summed E-state index contributed by atoms with van der Waals surface area (Å²) in [6, 6.07) is 2.56. The molecule has 2 nitrogen and oxygen atoms in total. The van der Waals surface area contributed by atoms with Gasteiger partial charge in [0.05, 0.1) is 12.2 Å². The molecule has 5 aliphatic rings. The van der Waals surface area contributed by atoms with Gasteiger partial charge in [-0.25, -0.2) is 0 Å². The lowest BCUT2D eigenvalue weighted by atomic mass is 9.33. The van der Waals surface area contributed by atoms with Crippen molar-refractivity contribution in [1.82, 2.24) is 0 Å². The average molecular weight is 566 g/mol. The van der Waals surface area contributed by atoms with Crippen LogP contribution < -0.4 is 0 Å². The van der Waals surface area contributed by atoms with E-state index in [-0.39, 0.29) is 21.3 Å². The first-order chi connectivity index (χ1) is 18.2. The van der Waals surface area contributed by atoms with Crippen LogP contribution >= 0.6 is 0 Å². The highest BCUT2D eigenvalue weighted by molar-refractivity contribution is 6.74. The topological polar surface area (TPSA) is 33.0 Å². The summed E-state index contributed by atoms with van der Waals surface area (Å²) in [5.74, 6) is 2.13. The van der Waals surface area contributed by atoms with E-state index < -0.39 is 8.32 Å². The molecule has 0 radical (unpaired) electrons. The minimum atomic E-state index is -1.82. The quantitative estimate of drug-likeness (QED) is 0.252. The van der Waals surface area contributed by atoms with Crippen LogP contribution in [0.2, 0.25) is 18.1 Å². The molecule has 0 N–H and O–H groups in total. The van der Waals surface area contributed by atoms with Crippen LogP contribution in [0, 0.1) is 61.6 Å². The molecule has 2 unspecified atom stereocenters. The monoisotopic (exact) mass is 565 g/mol. The summed E-state index contributed by atoms with van der Waals surface area (Å²) in [4.78, 5) is 0. The van der Waals surface area contributed by atoms with Crippen LogP contribution in [-0.2, 0) is 4.43 Å². The van der Waals surface area contributed by atoms with Crippen LogP contribution in [0.1, 0.15) is 140 Å². The molecule has 40 heavy (non-hydrogen) atoms. The molecular formula is C37H63NOSi. The maximum atomic E-state index is 9.65. The molecule has 9 atom stereocenters. The predicted molar refractivity (Wildman–Crippen MR) is 171 cm³/mol. The van der Waals surface area contributed by atoms with Crippen LogP contribution in [0.15, 0.2) is 11.6 Å². The number of allylic oxidation sites excluding steroid dienone is 2. The van der Waals surface area contributed by atoms with Crippen molar-refractivity contribution in [2.75, 3.05) is 0 Å². The molecule has 4 fully saturated rings. The number of nitrogens with zero attached hydrogens (tertiary/aromatic N) is 1. The van der Waals surface area contributed by atoms with E-state index in [4.69, 9.17) is 4.43 Å². The smallest absolute Gasteiger partial charge is 0.192 e. The second kappa shape index (κ2) is 9.21. The van der Waals surface area contributed by atoms with Crippen molar-refractivity contribution in [2.45, 2.75) is 164 Å². The summed E-state index contributed by atoms with van der Waals surface area (Å²) in [5.41, 5.74) is 3.66. The molecule has 0 aromatic heterocycles. The molecular weight excluding hydrogens is 502 g/mol. The minimum Gasteiger partial charge on any atom is -0.413 e. The van der Waals surface area contributed by atoms with E-state index in [1.54, 1.807) is 0 Å². The largest absolute Gasteiger partial charge is 0.413 e. The van der Waals surface area contributed by atoms with Gasteiger partial charge in [-0.1, -0.05) is 80.9 Å². The summed E-state index contributed by atoms with van der Waals surface area (Å²) in [6.07, 6.45) is 16.9. The summed E-state index contributed by atoms with van der Waals surface area (Å²) in [5, 5.41) is 9.91. The third-order valence-electron chi connectivity index (χ3n) is 15.6. The van der Waals surface area contributed by atoms with Crippen LogP contribution in [0.3, 0.4) is 0 Å². The van der Waals surface area contributed by atoms with Gasteiger partial charge in [-0.3, -0.25) is 0 Å². The van der Waals surface area contributed by atoms with Gasteiger partial charge < -0.3 is 4.43 Å². The number of fused-ring (bicyclic) bond motifs is 7. The van der Waals surface area contributed by atoms with Gasteiger partial charge in [-0.05, 0) is 133 Å². The normalized spacial score (nSPS) is 48.5. The average Bonchev–Trinajstić information content (AvgIpc) is 2.82. The Hall–Kier alpha value is -0.593. The van der Waals surface area contributed by atoms with Crippen LogP contribution in [0.5, 0.6) is 0 Å². The van der Waals surface area contributed by atoms with E-state index in [9.17, 15) is 5.26 Å². The molecule has 0 bridgehead atoms. The van der Waals surface area contributed by atoms with Crippen molar-refractivity contribution in [3.63, 3.8) is 0 Å². The first-order valence-corrected chi connectivity index (χ1v) is 19.9.